The number of nitrogens with zero attached hydrogens (tertiary/aromatic N) is 2. The molecule has 6 nitrogen and oxygen atoms in total. The first-order valence-electron chi connectivity index (χ1n) is 8.90. The molecule has 3 rings (SSSR count). The number of rotatable bonds is 6. The third-order valence-corrected chi connectivity index (χ3v) is 5.27. The molecule has 26 heavy (non-hydrogen) atoms. The van der Waals surface area contributed by atoms with E-state index in [9.17, 15) is 9.59 Å². The van der Waals surface area contributed by atoms with Gasteiger partial charge in [-0.1, -0.05) is 18.2 Å². The molecular weight excluding hydrogens is 350 g/mol. The fourth-order valence-corrected chi connectivity index (χ4v) is 3.92. The van der Waals surface area contributed by atoms with Crippen molar-refractivity contribution in [2.24, 2.45) is 0 Å². The zero-order valence-electron chi connectivity index (χ0n) is 15.2. The molecule has 1 aliphatic heterocycles. The van der Waals surface area contributed by atoms with Crippen LogP contribution in [0.15, 0.2) is 35.4 Å². The fraction of sp³-hybridized carbons (Fsp3) is 0.474. The van der Waals surface area contributed by atoms with Crippen molar-refractivity contribution in [3.63, 3.8) is 0 Å². The Morgan fingerprint density at radius 2 is 1.96 bits per heavy atom. The molecule has 2 heterocycles. The standard InChI is InChI=1S/C19H25N3O3S/c1-14(2)20-18(23)13-26-17-11-22(16-6-4-3-5-15(16)17)12-19(24)21-7-9-25-10-8-21/h3-6,11,14H,7-10,12-13H2,1-2H3,(H,20,23). The van der Waals surface area contributed by atoms with Gasteiger partial charge in [0.1, 0.15) is 6.54 Å². The molecule has 0 radical (unpaired) electrons. The highest BCUT2D eigenvalue weighted by Crippen LogP contribution is 2.30. The van der Waals surface area contributed by atoms with Gasteiger partial charge in [-0.3, -0.25) is 9.59 Å². The number of fused-ring (bicyclic) bond motifs is 1. The molecule has 0 bridgehead atoms. The van der Waals surface area contributed by atoms with Crippen LogP contribution >= 0.6 is 11.8 Å². The van der Waals surface area contributed by atoms with Crippen LogP contribution < -0.4 is 5.32 Å². The van der Waals surface area contributed by atoms with Crippen molar-refractivity contribution in [3.8, 4) is 0 Å². The van der Waals surface area contributed by atoms with E-state index >= 15 is 0 Å². The van der Waals surface area contributed by atoms with Gasteiger partial charge in [0.05, 0.1) is 19.0 Å². The van der Waals surface area contributed by atoms with Crippen LogP contribution in [0, 0.1) is 0 Å². The number of morpholine rings is 1. The van der Waals surface area contributed by atoms with E-state index in [2.05, 4.69) is 5.32 Å². The quantitative estimate of drug-likeness (QED) is 0.786. The SMILES string of the molecule is CC(C)NC(=O)CSc1cn(CC(=O)N2CCOCC2)c2ccccc12. The summed E-state index contributed by atoms with van der Waals surface area (Å²) in [6.07, 6.45) is 1.98. The van der Waals surface area contributed by atoms with Crippen LogP contribution in [0.2, 0.25) is 0 Å². The largest absolute Gasteiger partial charge is 0.378 e. The summed E-state index contributed by atoms with van der Waals surface area (Å²) in [5.41, 5.74) is 1.01. The second kappa shape index (κ2) is 8.60. The molecule has 7 heteroatoms. The zero-order valence-corrected chi connectivity index (χ0v) is 16.1. The lowest BCUT2D eigenvalue weighted by Crippen LogP contribution is -2.42. The molecule has 0 unspecified atom stereocenters. The van der Waals surface area contributed by atoms with Crippen LogP contribution in [-0.4, -0.2) is 59.4 Å². The summed E-state index contributed by atoms with van der Waals surface area (Å²) in [5, 5.41) is 3.98. The van der Waals surface area contributed by atoms with E-state index in [1.165, 1.54) is 11.8 Å². The molecule has 1 fully saturated rings. The van der Waals surface area contributed by atoms with Crippen molar-refractivity contribution in [1.29, 1.82) is 0 Å². The summed E-state index contributed by atoms with van der Waals surface area (Å²) < 4.78 is 7.30. The van der Waals surface area contributed by atoms with Gasteiger partial charge in [0.25, 0.3) is 0 Å². The number of aromatic nitrogens is 1. The van der Waals surface area contributed by atoms with E-state index < -0.39 is 0 Å². The molecular formula is C19H25N3O3S. The number of carbonyl (C=O) groups is 2. The average molecular weight is 375 g/mol. The molecule has 1 N–H and O–H groups in total. The maximum absolute atomic E-state index is 12.6. The predicted octanol–water partition coefficient (Wildman–Crippen LogP) is 2.12. The first kappa shape index (κ1) is 18.8. The molecule has 1 aromatic heterocycles. The Bertz CT molecular complexity index is 781. The predicted molar refractivity (Wildman–Crippen MR) is 103 cm³/mol. The van der Waals surface area contributed by atoms with Gasteiger partial charge in [0.15, 0.2) is 0 Å². The lowest BCUT2D eigenvalue weighted by atomic mass is 10.2. The first-order chi connectivity index (χ1) is 12.5. The Morgan fingerprint density at radius 3 is 2.69 bits per heavy atom. The number of amides is 2. The molecule has 0 atom stereocenters. The third kappa shape index (κ3) is 4.59. The van der Waals surface area contributed by atoms with Gasteiger partial charge in [0, 0.05) is 41.1 Å². The summed E-state index contributed by atoms with van der Waals surface area (Å²) >= 11 is 1.51. The number of hydrogen-bond donors (Lipinski definition) is 1. The van der Waals surface area contributed by atoms with E-state index in [1.54, 1.807) is 0 Å². The van der Waals surface area contributed by atoms with Gasteiger partial charge in [-0.25, -0.2) is 0 Å². The van der Waals surface area contributed by atoms with Crippen LogP contribution in [0.5, 0.6) is 0 Å². The van der Waals surface area contributed by atoms with Gasteiger partial charge in [0.2, 0.25) is 11.8 Å². The Kier molecular flexibility index (Phi) is 6.21. The average Bonchev–Trinajstić information content (AvgIpc) is 2.98. The van der Waals surface area contributed by atoms with Crippen molar-refractivity contribution in [3.05, 3.63) is 30.5 Å². The monoisotopic (exact) mass is 375 g/mol. The highest BCUT2D eigenvalue weighted by atomic mass is 32.2. The summed E-state index contributed by atoms with van der Waals surface area (Å²) in [4.78, 5) is 27.4. The van der Waals surface area contributed by atoms with Crippen LogP contribution in [0.4, 0.5) is 0 Å². The molecule has 0 saturated carbocycles. The second-order valence-electron chi connectivity index (χ2n) is 6.64. The number of ether oxygens (including phenoxy) is 1. The maximum atomic E-state index is 12.6. The van der Waals surface area contributed by atoms with Crippen molar-refractivity contribution < 1.29 is 14.3 Å². The van der Waals surface area contributed by atoms with E-state index in [0.717, 1.165) is 15.8 Å². The minimum atomic E-state index is 0.0197. The van der Waals surface area contributed by atoms with Crippen LogP contribution in [0.3, 0.4) is 0 Å². The lowest BCUT2D eigenvalue weighted by Gasteiger charge is -2.27. The number of para-hydroxylation sites is 1. The Hall–Kier alpha value is -1.99. The molecule has 140 valence electrons. The molecule has 2 aromatic rings. The Labute approximate surface area is 157 Å². The summed E-state index contributed by atoms with van der Waals surface area (Å²) in [7, 11) is 0. The van der Waals surface area contributed by atoms with Gasteiger partial charge >= 0.3 is 0 Å². The summed E-state index contributed by atoms with van der Waals surface area (Å²) in [5.74, 6) is 0.484. The maximum Gasteiger partial charge on any atom is 0.242 e. The van der Waals surface area contributed by atoms with Crippen LogP contribution in [-0.2, 0) is 20.9 Å². The number of hydrogen-bond acceptors (Lipinski definition) is 4. The smallest absolute Gasteiger partial charge is 0.242 e. The van der Waals surface area contributed by atoms with Gasteiger partial charge in [-0.2, -0.15) is 0 Å². The normalized spacial score (nSPS) is 14.8. The van der Waals surface area contributed by atoms with Gasteiger partial charge in [-0.05, 0) is 19.9 Å². The highest BCUT2D eigenvalue weighted by Gasteiger charge is 2.19. The van der Waals surface area contributed by atoms with Gasteiger partial charge < -0.3 is 19.5 Å². The van der Waals surface area contributed by atoms with Crippen molar-refractivity contribution >= 4 is 34.5 Å². The molecule has 1 aromatic carbocycles. The molecule has 0 spiro atoms. The zero-order chi connectivity index (χ0) is 18.5. The van der Waals surface area contributed by atoms with Crippen molar-refractivity contribution in [2.75, 3.05) is 32.1 Å². The van der Waals surface area contributed by atoms with Crippen molar-refractivity contribution in [1.82, 2.24) is 14.8 Å². The van der Waals surface area contributed by atoms with E-state index in [4.69, 9.17) is 4.74 Å². The van der Waals surface area contributed by atoms with Crippen LogP contribution in [0.1, 0.15) is 13.8 Å². The fourth-order valence-electron chi connectivity index (χ4n) is 3.02. The highest BCUT2D eigenvalue weighted by molar-refractivity contribution is 8.00. The Morgan fingerprint density at radius 1 is 1.23 bits per heavy atom. The lowest BCUT2D eigenvalue weighted by molar-refractivity contribution is -0.135. The summed E-state index contributed by atoms with van der Waals surface area (Å²) in [6.45, 7) is 6.70. The Balaban J connectivity index is 1.74. The second-order valence-corrected chi connectivity index (χ2v) is 7.66. The molecule has 2 amide bonds. The molecule has 1 saturated heterocycles. The number of nitrogens with one attached hydrogen (secondary N) is 1. The topological polar surface area (TPSA) is 63.6 Å². The van der Waals surface area contributed by atoms with E-state index in [1.807, 2.05) is 53.8 Å². The molecule has 0 aliphatic carbocycles. The number of benzene rings is 1. The molecule has 1 aliphatic rings. The summed E-state index contributed by atoms with van der Waals surface area (Å²) in [6, 6.07) is 8.14. The van der Waals surface area contributed by atoms with Gasteiger partial charge in [-0.15, -0.1) is 11.8 Å². The minimum absolute atomic E-state index is 0.0197. The number of thioether (sulfide) groups is 1. The van der Waals surface area contributed by atoms with Crippen molar-refractivity contribution in [2.45, 2.75) is 31.3 Å². The third-order valence-electron chi connectivity index (χ3n) is 4.23. The van der Waals surface area contributed by atoms with E-state index in [-0.39, 0.29) is 17.9 Å². The van der Waals surface area contributed by atoms with Crippen LogP contribution in [0.25, 0.3) is 10.9 Å². The first-order valence-corrected chi connectivity index (χ1v) is 9.88. The number of carbonyl (C=O) groups excluding carboxylic acids is 2. The van der Waals surface area contributed by atoms with E-state index in [0.29, 0.717) is 38.6 Å². The minimum Gasteiger partial charge on any atom is -0.378 e.